The number of nitro groups is 1. The third-order valence-electron chi connectivity index (χ3n) is 4.65. The number of nitrogens with two attached hydrogens (primary N) is 2. The van der Waals surface area contributed by atoms with Crippen molar-refractivity contribution in [3.63, 3.8) is 0 Å². The van der Waals surface area contributed by atoms with Crippen LogP contribution >= 0.6 is 11.6 Å². The summed E-state index contributed by atoms with van der Waals surface area (Å²) in [5.74, 6) is -0.303. The number of hydrogen-bond donors (Lipinski definition) is 2. The van der Waals surface area contributed by atoms with Crippen LogP contribution in [0.3, 0.4) is 0 Å². The maximum Gasteiger partial charge on any atom is 0.416 e. The highest BCUT2D eigenvalue weighted by atomic mass is 35.5. The van der Waals surface area contributed by atoms with E-state index < -0.39 is 33.0 Å². The van der Waals surface area contributed by atoms with Gasteiger partial charge in [0.25, 0.3) is 5.69 Å². The third kappa shape index (κ3) is 3.38. The van der Waals surface area contributed by atoms with E-state index in [4.69, 9.17) is 23.1 Å². The van der Waals surface area contributed by atoms with Crippen molar-refractivity contribution in [3.05, 3.63) is 32.8 Å². The summed E-state index contributed by atoms with van der Waals surface area (Å²) < 4.78 is 39.9. The maximum absolute atomic E-state index is 13.3. The Bertz CT molecular complexity index is 849. The summed E-state index contributed by atoms with van der Waals surface area (Å²) in [5, 5.41) is 10.8. The number of halogens is 4. The Morgan fingerprint density at radius 1 is 1.22 bits per heavy atom. The lowest BCUT2D eigenvalue weighted by Gasteiger charge is -2.45. The average molecular weight is 405 g/mol. The van der Waals surface area contributed by atoms with Crippen molar-refractivity contribution >= 4 is 34.9 Å². The highest BCUT2D eigenvalue weighted by molar-refractivity contribution is 6.36. The third-order valence-corrected chi connectivity index (χ3v) is 5.04. The van der Waals surface area contributed by atoms with Crippen LogP contribution in [-0.2, 0) is 6.18 Å². The van der Waals surface area contributed by atoms with Crippen molar-refractivity contribution in [2.45, 2.75) is 43.9 Å². The summed E-state index contributed by atoms with van der Waals surface area (Å²) in [6.45, 7) is 0. The predicted molar refractivity (Wildman–Crippen MR) is 94.6 cm³/mol. The van der Waals surface area contributed by atoms with Crippen molar-refractivity contribution in [2.75, 3.05) is 4.90 Å². The second-order valence-corrected chi connectivity index (χ2v) is 6.78. The Morgan fingerprint density at radius 3 is 2.41 bits per heavy atom. The fourth-order valence-corrected chi connectivity index (χ4v) is 3.79. The molecule has 1 aliphatic heterocycles. The molecule has 0 aromatic heterocycles. The van der Waals surface area contributed by atoms with E-state index in [9.17, 15) is 23.3 Å². The number of nitro benzene ring substituents is 1. The zero-order valence-electron chi connectivity index (χ0n) is 14.0. The average Bonchev–Trinajstić information content (AvgIpc) is 2.55. The molecular weight excluding hydrogens is 389 g/mol. The number of alkyl halides is 3. The summed E-state index contributed by atoms with van der Waals surface area (Å²) in [6.07, 6.45) is -1.53. The van der Waals surface area contributed by atoms with E-state index in [-0.39, 0.29) is 17.6 Å². The van der Waals surface area contributed by atoms with Crippen LogP contribution in [0.5, 0.6) is 0 Å². The van der Waals surface area contributed by atoms with E-state index in [0.29, 0.717) is 18.9 Å². The Labute approximate surface area is 156 Å². The summed E-state index contributed by atoms with van der Waals surface area (Å²) in [6, 6.07) is 1.12. The van der Waals surface area contributed by atoms with Crippen molar-refractivity contribution in [1.82, 2.24) is 0 Å². The minimum absolute atomic E-state index is 0.0942. The van der Waals surface area contributed by atoms with Crippen LogP contribution in [0.25, 0.3) is 0 Å². The number of benzene rings is 1. The molecule has 146 valence electrons. The minimum Gasteiger partial charge on any atom is -0.369 e. The number of rotatable bonds is 2. The first-order chi connectivity index (χ1) is 12.5. The first-order valence-corrected chi connectivity index (χ1v) is 8.48. The van der Waals surface area contributed by atoms with E-state index in [1.54, 1.807) is 0 Å². The molecule has 1 aromatic rings. The maximum atomic E-state index is 13.3. The number of anilines is 1. The Hall–Kier alpha value is -2.56. The SMILES string of the molecule is NC1=NC2(CCCCC2)N(c2cc(C(F)(F)F)cc([N+](=O)[O-])c2Cl)C(N)=N1. The van der Waals surface area contributed by atoms with Gasteiger partial charge in [0, 0.05) is 6.07 Å². The molecule has 12 heteroatoms. The van der Waals surface area contributed by atoms with Crippen molar-refractivity contribution < 1.29 is 18.1 Å². The van der Waals surface area contributed by atoms with Gasteiger partial charge in [-0.25, -0.2) is 4.99 Å². The van der Waals surface area contributed by atoms with Gasteiger partial charge in [0.2, 0.25) is 11.9 Å². The lowest BCUT2D eigenvalue weighted by molar-refractivity contribution is -0.384. The molecule has 0 saturated heterocycles. The summed E-state index contributed by atoms with van der Waals surface area (Å²) in [5.41, 5.74) is 8.26. The first-order valence-electron chi connectivity index (χ1n) is 8.10. The summed E-state index contributed by atoms with van der Waals surface area (Å²) >= 11 is 6.12. The standard InChI is InChI=1S/C15H16ClF3N6O2/c16-11-9(6-8(15(17,18)19)7-10(11)25(26)27)24-13(21)22-12(20)23-14(24)4-2-1-3-5-14/h6-7H,1-5H2,(H4,20,21,22,23). The molecule has 3 rings (SSSR count). The molecule has 1 aromatic carbocycles. The topological polar surface area (TPSA) is 123 Å². The molecule has 0 atom stereocenters. The molecule has 1 spiro atoms. The molecule has 0 bridgehead atoms. The van der Waals surface area contributed by atoms with Crippen molar-refractivity contribution in [1.29, 1.82) is 0 Å². The van der Waals surface area contributed by atoms with Crippen LogP contribution in [0.15, 0.2) is 22.1 Å². The zero-order valence-corrected chi connectivity index (χ0v) is 14.7. The van der Waals surface area contributed by atoms with E-state index in [1.807, 2.05) is 0 Å². The molecule has 0 amide bonds. The molecule has 0 unspecified atom stereocenters. The quantitative estimate of drug-likeness (QED) is 0.577. The molecule has 1 heterocycles. The first kappa shape index (κ1) is 19.2. The molecule has 1 saturated carbocycles. The van der Waals surface area contributed by atoms with Gasteiger partial charge in [0.1, 0.15) is 10.7 Å². The van der Waals surface area contributed by atoms with Gasteiger partial charge < -0.3 is 11.5 Å². The van der Waals surface area contributed by atoms with Gasteiger partial charge >= 0.3 is 6.18 Å². The van der Waals surface area contributed by atoms with Crippen LogP contribution in [0.1, 0.15) is 37.7 Å². The van der Waals surface area contributed by atoms with E-state index >= 15 is 0 Å². The molecule has 1 fully saturated rings. The largest absolute Gasteiger partial charge is 0.416 e. The molecule has 4 N–H and O–H groups in total. The highest BCUT2D eigenvalue weighted by Crippen LogP contribution is 2.46. The van der Waals surface area contributed by atoms with Gasteiger partial charge in [0.15, 0.2) is 0 Å². The van der Waals surface area contributed by atoms with E-state index in [0.717, 1.165) is 25.3 Å². The lowest BCUT2D eigenvalue weighted by Crippen LogP contribution is -2.58. The Balaban J connectivity index is 2.25. The molecule has 0 radical (unpaired) electrons. The molecular formula is C15H16ClF3N6O2. The number of guanidine groups is 2. The summed E-state index contributed by atoms with van der Waals surface area (Å²) in [7, 11) is 0. The smallest absolute Gasteiger partial charge is 0.369 e. The number of aliphatic imine (C=N–C) groups is 2. The van der Waals surface area contributed by atoms with Crippen LogP contribution in [0.2, 0.25) is 5.02 Å². The van der Waals surface area contributed by atoms with Gasteiger partial charge in [-0.2, -0.15) is 18.2 Å². The molecule has 1 aliphatic carbocycles. The molecule has 8 nitrogen and oxygen atoms in total. The Kier molecular flexibility index (Phi) is 4.66. The number of nitrogens with zero attached hydrogens (tertiary/aromatic N) is 4. The molecule has 27 heavy (non-hydrogen) atoms. The fourth-order valence-electron chi connectivity index (χ4n) is 3.52. The van der Waals surface area contributed by atoms with E-state index in [2.05, 4.69) is 9.98 Å². The second-order valence-electron chi connectivity index (χ2n) is 6.40. The minimum atomic E-state index is -4.81. The lowest BCUT2D eigenvalue weighted by atomic mass is 9.87. The van der Waals surface area contributed by atoms with Crippen molar-refractivity contribution in [3.8, 4) is 0 Å². The summed E-state index contributed by atoms with van der Waals surface area (Å²) in [4.78, 5) is 19.7. The van der Waals surface area contributed by atoms with Crippen molar-refractivity contribution in [2.24, 2.45) is 21.5 Å². The zero-order chi connectivity index (χ0) is 20.0. The normalized spacial score (nSPS) is 19.6. The van der Waals surface area contributed by atoms with Crippen LogP contribution in [0, 0.1) is 10.1 Å². The van der Waals surface area contributed by atoms with Gasteiger partial charge in [-0.3, -0.25) is 15.0 Å². The molecule has 2 aliphatic rings. The van der Waals surface area contributed by atoms with Gasteiger partial charge in [-0.05, 0) is 31.7 Å². The monoisotopic (exact) mass is 404 g/mol. The van der Waals surface area contributed by atoms with Gasteiger partial charge in [0.05, 0.1) is 16.2 Å². The Morgan fingerprint density at radius 2 is 1.85 bits per heavy atom. The highest BCUT2D eigenvalue weighted by Gasteiger charge is 2.45. The number of hydrogen-bond acceptors (Lipinski definition) is 7. The van der Waals surface area contributed by atoms with Crippen LogP contribution in [-0.4, -0.2) is 22.5 Å². The fraction of sp³-hybridized carbons (Fsp3) is 0.467. The van der Waals surface area contributed by atoms with Crippen LogP contribution < -0.4 is 16.4 Å². The predicted octanol–water partition coefficient (Wildman–Crippen LogP) is 3.38. The van der Waals surface area contributed by atoms with Gasteiger partial charge in [-0.15, -0.1) is 0 Å². The van der Waals surface area contributed by atoms with Crippen LogP contribution in [0.4, 0.5) is 24.5 Å². The second kappa shape index (κ2) is 6.55. The van der Waals surface area contributed by atoms with E-state index in [1.165, 1.54) is 4.90 Å². The van der Waals surface area contributed by atoms with Gasteiger partial charge in [-0.1, -0.05) is 18.0 Å².